The van der Waals surface area contributed by atoms with Crippen molar-refractivity contribution in [2.75, 3.05) is 24.5 Å². The minimum absolute atomic E-state index is 0.0123. The Morgan fingerprint density at radius 1 is 1.08 bits per heavy atom. The third-order valence-corrected chi connectivity index (χ3v) is 4.73. The lowest BCUT2D eigenvalue weighted by Crippen LogP contribution is -2.38. The number of amides is 1. The van der Waals surface area contributed by atoms with Crippen molar-refractivity contribution in [1.82, 2.24) is 5.32 Å². The highest BCUT2D eigenvalue weighted by molar-refractivity contribution is 7.89. The number of para-hydroxylation sites is 1. The van der Waals surface area contributed by atoms with Crippen molar-refractivity contribution in [1.29, 1.82) is 0 Å². The molecule has 6 nitrogen and oxygen atoms in total. The van der Waals surface area contributed by atoms with E-state index in [0.29, 0.717) is 19.5 Å². The molecule has 0 atom stereocenters. The van der Waals surface area contributed by atoms with Gasteiger partial charge in [-0.25, -0.2) is 13.6 Å². The van der Waals surface area contributed by atoms with Gasteiger partial charge in [0.05, 0.1) is 11.4 Å². The molecular formula is C18H23N3O3S. The van der Waals surface area contributed by atoms with E-state index in [1.807, 2.05) is 37.3 Å². The van der Waals surface area contributed by atoms with Gasteiger partial charge in [0, 0.05) is 12.2 Å². The van der Waals surface area contributed by atoms with Crippen molar-refractivity contribution in [2.45, 2.75) is 18.2 Å². The molecule has 134 valence electrons. The van der Waals surface area contributed by atoms with Gasteiger partial charge < -0.3 is 10.2 Å². The second kappa shape index (κ2) is 8.75. The van der Waals surface area contributed by atoms with Crippen molar-refractivity contribution in [3.8, 4) is 0 Å². The predicted molar refractivity (Wildman–Crippen MR) is 98.9 cm³/mol. The molecule has 7 heteroatoms. The molecule has 25 heavy (non-hydrogen) atoms. The molecule has 0 aliphatic rings. The summed E-state index contributed by atoms with van der Waals surface area (Å²) in [6.45, 7) is 3.42. The summed E-state index contributed by atoms with van der Waals surface area (Å²) >= 11 is 0. The smallest absolute Gasteiger partial charge is 0.240 e. The molecule has 2 rings (SSSR count). The lowest BCUT2D eigenvalue weighted by Gasteiger charge is -2.21. The Labute approximate surface area is 148 Å². The van der Waals surface area contributed by atoms with Crippen LogP contribution in [0.25, 0.3) is 0 Å². The first kappa shape index (κ1) is 19.1. The number of rotatable bonds is 8. The second-order valence-electron chi connectivity index (χ2n) is 5.59. The molecule has 0 unspecified atom stereocenters. The average Bonchev–Trinajstić information content (AvgIpc) is 2.60. The number of sulfonamides is 1. The number of benzene rings is 2. The first-order chi connectivity index (χ1) is 11.9. The topological polar surface area (TPSA) is 92.5 Å². The molecule has 0 aromatic heterocycles. The van der Waals surface area contributed by atoms with E-state index in [0.717, 1.165) is 11.3 Å². The molecule has 1 amide bonds. The van der Waals surface area contributed by atoms with Gasteiger partial charge in [-0.05, 0) is 49.7 Å². The highest BCUT2D eigenvalue weighted by atomic mass is 32.2. The maximum absolute atomic E-state index is 12.3. The summed E-state index contributed by atoms with van der Waals surface area (Å²) in [5.41, 5.74) is 1.86. The van der Waals surface area contributed by atoms with Crippen LogP contribution in [0.2, 0.25) is 0 Å². The molecular weight excluding hydrogens is 338 g/mol. The fourth-order valence-corrected chi connectivity index (χ4v) is 3.00. The van der Waals surface area contributed by atoms with E-state index in [4.69, 9.17) is 5.14 Å². The van der Waals surface area contributed by atoms with E-state index >= 15 is 0 Å². The zero-order chi connectivity index (χ0) is 18.3. The summed E-state index contributed by atoms with van der Waals surface area (Å²) in [6.07, 6.45) is 0.690. The van der Waals surface area contributed by atoms with Crippen LogP contribution in [-0.4, -0.2) is 34.0 Å². The number of primary sulfonamides is 1. The van der Waals surface area contributed by atoms with Crippen LogP contribution in [0.15, 0.2) is 59.5 Å². The van der Waals surface area contributed by atoms with Gasteiger partial charge in [-0.3, -0.25) is 4.79 Å². The number of hydrogen-bond donors (Lipinski definition) is 2. The van der Waals surface area contributed by atoms with E-state index in [1.54, 1.807) is 17.0 Å². The summed E-state index contributed by atoms with van der Waals surface area (Å²) in [7, 11) is -3.66. The normalized spacial score (nSPS) is 11.3. The maximum Gasteiger partial charge on any atom is 0.240 e. The van der Waals surface area contributed by atoms with E-state index in [-0.39, 0.29) is 17.3 Å². The summed E-state index contributed by atoms with van der Waals surface area (Å²) in [4.78, 5) is 14.2. The molecule has 2 aromatic carbocycles. The van der Waals surface area contributed by atoms with E-state index in [9.17, 15) is 13.2 Å². The molecule has 2 aromatic rings. The molecule has 0 heterocycles. The molecule has 0 radical (unpaired) electrons. The molecule has 0 spiro atoms. The van der Waals surface area contributed by atoms with Crippen LogP contribution in [0, 0.1) is 0 Å². The van der Waals surface area contributed by atoms with Gasteiger partial charge in [-0.15, -0.1) is 0 Å². The summed E-state index contributed by atoms with van der Waals surface area (Å²) in [5, 5.41) is 8.20. The van der Waals surface area contributed by atoms with Crippen LogP contribution >= 0.6 is 0 Å². The first-order valence-corrected chi connectivity index (χ1v) is 9.64. The van der Waals surface area contributed by atoms with Crippen LogP contribution in [0.3, 0.4) is 0 Å². The minimum Gasteiger partial charge on any atom is -0.312 e. The molecule has 0 aliphatic carbocycles. The van der Waals surface area contributed by atoms with Gasteiger partial charge in [0.1, 0.15) is 0 Å². The monoisotopic (exact) mass is 361 g/mol. The van der Waals surface area contributed by atoms with Crippen molar-refractivity contribution in [2.24, 2.45) is 5.14 Å². The van der Waals surface area contributed by atoms with Crippen LogP contribution in [0.5, 0.6) is 0 Å². The van der Waals surface area contributed by atoms with Crippen LogP contribution in [0.4, 0.5) is 5.69 Å². The van der Waals surface area contributed by atoms with Gasteiger partial charge in [0.15, 0.2) is 0 Å². The van der Waals surface area contributed by atoms with Crippen molar-refractivity contribution in [3.05, 3.63) is 60.2 Å². The van der Waals surface area contributed by atoms with E-state index in [1.165, 1.54) is 12.1 Å². The number of nitrogens with one attached hydrogen (secondary N) is 1. The Hall–Kier alpha value is -2.22. The number of nitrogens with two attached hydrogens (primary N) is 1. The minimum atomic E-state index is -3.66. The lowest BCUT2D eigenvalue weighted by molar-refractivity contribution is -0.117. The fourth-order valence-electron chi connectivity index (χ4n) is 2.48. The number of hydrogen-bond acceptors (Lipinski definition) is 4. The molecule has 0 bridgehead atoms. The van der Waals surface area contributed by atoms with E-state index in [2.05, 4.69) is 5.32 Å². The third-order valence-electron chi connectivity index (χ3n) is 3.80. The molecule has 0 aliphatic heterocycles. The largest absolute Gasteiger partial charge is 0.312 e. The van der Waals surface area contributed by atoms with Crippen LogP contribution < -0.4 is 15.4 Å². The Morgan fingerprint density at radius 3 is 2.28 bits per heavy atom. The van der Waals surface area contributed by atoms with Gasteiger partial charge in [-0.1, -0.05) is 30.3 Å². The molecule has 3 N–H and O–H groups in total. The van der Waals surface area contributed by atoms with Crippen molar-refractivity contribution < 1.29 is 13.2 Å². The highest BCUT2D eigenvalue weighted by Crippen LogP contribution is 2.12. The van der Waals surface area contributed by atoms with Gasteiger partial charge in [-0.2, -0.15) is 0 Å². The third kappa shape index (κ3) is 5.67. The van der Waals surface area contributed by atoms with Gasteiger partial charge >= 0.3 is 0 Å². The molecule has 0 saturated heterocycles. The Morgan fingerprint density at radius 2 is 1.72 bits per heavy atom. The summed E-state index contributed by atoms with van der Waals surface area (Å²) in [6, 6.07) is 16.0. The fraction of sp³-hybridized carbons (Fsp3) is 0.278. The van der Waals surface area contributed by atoms with Crippen molar-refractivity contribution in [3.63, 3.8) is 0 Å². The van der Waals surface area contributed by atoms with Crippen molar-refractivity contribution >= 4 is 21.6 Å². The summed E-state index contributed by atoms with van der Waals surface area (Å²) < 4.78 is 22.4. The number of carbonyl (C=O) groups excluding carboxylic acids is 1. The first-order valence-electron chi connectivity index (χ1n) is 8.09. The number of likely N-dealkylation sites (N-methyl/N-ethyl adjacent to an activating group) is 1. The molecule has 0 saturated carbocycles. The zero-order valence-corrected chi connectivity index (χ0v) is 15.0. The highest BCUT2D eigenvalue weighted by Gasteiger charge is 2.12. The zero-order valence-electron chi connectivity index (χ0n) is 14.2. The Balaban J connectivity index is 1.81. The van der Waals surface area contributed by atoms with Crippen LogP contribution in [-0.2, 0) is 21.2 Å². The van der Waals surface area contributed by atoms with Gasteiger partial charge in [0.25, 0.3) is 0 Å². The maximum atomic E-state index is 12.3. The number of anilines is 1. The summed E-state index contributed by atoms with van der Waals surface area (Å²) in [5.74, 6) is 0.0123. The van der Waals surface area contributed by atoms with Crippen LogP contribution in [0.1, 0.15) is 12.5 Å². The van der Waals surface area contributed by atoms with Gasteiger partial charge in [0.2, 0.25) is 15.9 Å². The standard InChI is InChI=1S/C18H23N3O3S/c1-2-21(16-6-4-3-5-7-16)18(22)14-20-13-12-15-8-10-17(11-9-15)25(19,23)24/h3-11,20H,2,12-14H2,1H3,(H2,19,23,24). The predicted octanol–water partition coefficient (Wildman–Crippen LogP) is 1.52. The molecule has 0 fully saturated rings. The number of carbonyl (C=O) groups is 1. The average molecular weight is 361 g/mol. The SMILES string of the molecule is CCN(C(=O)CNCCc1ccc(S(N)(=O)=O)cc1)c1ccccc1. The number of nitrogens with zero attached hydrogens (tertiary/aromatic N) is 1. The van der Waals surface area contributed by atoms with E-state index < -0.39 is 10.0 Å². The Kier molecular flexibility index (Phi) is 6.69. The quantitative estimate of drug-likeness (QED) is 0.697. The second-order valence-corrected chi connectivity index (χ2v) is 7.15. The Bertz CT molecular complexity index is 790. The lowest BCUT2D eigenvalue weighted by atomic mass is 10.1.